The summed E-state index contributed by atoms with van der Waals surface area (Å²) in [6, 6.07) is 0. The zero-order chi connectivity index (χ0) is 13.6. The van der Waals surface area contributed by atoms with Gasteiger partial charge in [-0.2, -0.15) is 5.10 Å². The van der Waals surface area contributed by atoms with E-state index in [1.54, 1.807) is 6.33 Å². The number of rotatable bonds is 8. The van der Waals surface area contributed by atoms with Crippen molar-refractivity contribution in [3.63, 3.8) is 0 Å². The zero-order valence-corrected chi connectivity index (χ0v) is 12.3. The van der Waals surface area contributed by atoms with E-state index in [1.807, 2.05) is 4.68 Å². The molecule has 0 aliphatic heterocycles. The van der Waals surface area contributed by atoms with Crippen molar-refractivity contribution in [2.75, 3.05) is 0 Å². The first-order valence-electron chi connectivity index (χ1n) is 7.16. The van der Waals surface area contributed by atoms with Crippen molar-refractivity contribution in [2.45, 2.75) is 71.9 Å². The summed E-state index contributed by atoms with van der Waals surface area (Å²) in [5.41, 5.74) is 6.37. The number of unbranched alkanes of at least 4 members (excludes halogenated alkanes) is 1. The van der Waals surface area contributed by atoms with Gasteiger partial charge in [-0.3, -0.25) is 0 Å². The summed E-state index contributed by atoms with van der Waals surface area (Å²) in [6.45, 7) is 9.68. The van der Waals surface area contributed by atoms with Crippen LogP contribution in [0.3, 0.4) is 0 Å². The first-order valence-corrected chi connectivity index (χ1v) is 7.16. The van der Waals surface area contributed by atoms with Gasteiger partial charge in [0.05, 0.1) is 0 Å². The lowest BCUT2D eigenvalue weighted by atomic mass is 9.87. The Morgan fingerprint density at radius 1 is 1.39 bits per heavy atom. The summed E-state index contributed by atoms with van der Waals surface area (Å²) in [4.78, 5) is 4.38. The maximum atomic E-state index is 6.49. The van der Waals surface area contributed by atoms with E-state index in [1.165, 1.54) is 12.8 Å². The summed E-state index contributed by atoms with van der Waals surface area (Å²) < 4.78 is 2.01. The van der Waals surface area contributed by atoms with Crippen LogP contribution in [-0.4, -0.2) is 20.3 Å². The Morgan fingerprint density at radius 2 is 2.11 bits per heavy atom. The highest BCUT2D eigenvalue weighted by Gasteiger charge is 2.25. The zero-order valence-electron chi connectivity index (χ0n) is 12.3. The van der Waals surface area contributed by atoms with Crippen LogP contribution < -0.4 is 5.73 Å². The molecule has 18 heavy (non-hydrogen) atoms. The molecule has 0 saturated carbocycles. The molecule has 1 heterocycles. The molecule has 0 aliphatic carbocycles. The predicted molar refractivity (Wildman–Crippen MR) is 75.3 cm³/mol. The minimum atomic E-state index is -0.127. The Morgan fingerprint density at radius 3 is 2.67 bits per heavy atom. The van der Waals surface area contributed by atoms with E-state index in [4.69, 9.17) is 5.73 Å². The lowest BCUT2D eigenvalue weighted by Gasteiger charge is -2.28. The SMILES string of the molecule is CCCCC(N)(CC)Cc1ncnn1CC(C)C. The van der Waals surface area contributed by atoms with E-state index in [2.05, 4.69) is 37.8 Å². The third kappa shape index (κ3) is 4.41. The van der Waals surface area contributed by atoms with Crippen molar-refractivity contribution in [1.82, 2.24) is 14.8 Å². The van der Waals surface area contributed by atoms with E-state index in [0.717, 1.165) is 31.6 Å². The highest BCUT2D eigenvalue weighted by atomic mass is 15.3. The Hall–Kier alpha value is -0.900. The summed E-state index contributed by atoms with van der Waals surface area (Å²) in [5, 5.41) is 4.31. The van der Waals surface area contributed by atoms with Crippen LogP contribution in [0, 0.1) is 5.92 Å². The number of nitrogens with two attached hydrogens (primary N) is 1. The molecule has 0 aliphatic rings. The number of nitrogens with zero attached hydrogens (tertiary/aromatic N) is 3. The van der Waals surface area contributed by atoms with E-state index in [-0.39, 0.29) is 5.54 Å². The molecule has 0 fully saturated rings. The van der Waals surface area contributed by atoms with Crippen LogP contribution in [-0.2, 0) is 13.0 Å². The first-order chi connectivity index (χ1) is 8.50. The molecule has 2 N–H and O–H groups in total. The molecule has 1 unspecified atom stereocenters. The molecule has 1 rings (SSSR count). The maximum Gasteiger partial charge on any atom is 0.138 e. The van der Waals surface area contributed by atoms with Gasteiger partial charge in [-0.15, -0.1) is 0 Å². The Kier molecular flexibility index (Phi) is 5.79. The van der Waals surface area contributed by atoms with Gasteiger partial charge in [-0.05, 0) is 18.8 Å². The average molecular weight is 252 g/mol. The molecule has 4 heteroatoms. The normalized spacial score (nSPS) is 15.0. The average Bonchev–Trinajstić information content (AvgIpc) is 2.73. The molecule has 1 aromatic rings. The third-order valence-corrected chi connectivity index (χ3v) is 3.48. The van der Waals surface area contributed by atoms with Crippen molar-refractivity contribution in [2.24, 2.45) is 11.7 Å². The summed E-state index contributed by atoms with van der Waals surface area (Å²) in [5.74, 6) is 1.61. The second kappa shape index (κ2) is 6.88. The van der Waals surface area contributed by atoms with Crippen molar-refractivity contribution >= 4 is 0 Å². The van der Waals surface area contributed by atoms with Crippen LogP contribution in [0.25, 0.3) is 0 Å². The topological polar surface area (TPSA) is 56.7 Å². The fourth-order valence-electron chi connectivity index (χ4n) is 2.16. The third-order valence-electron chi connectivity index (χ3n) is 3.48. The van der Waals surface area contributed by atoms with Crippen LogP contribution >= 0.6 is 0 Å². The fraction of sp³-hybridized carbons (Fsp3) is 0.857. The van der Waals surface area contributed by atoms with Crippen molar-refractivity contribution in [3.05, 3.63) is 12.2 Å². The number of hydrogen-bond donors (Lipinski definition) is 1. The molecular weight excluding hydrogens is 224 g/mol. The second-order valence-corrected chi connectivity index (χ2v) is 5.75. The molecule has 0 saturated heterocycles. The molecule has 0 spiro atoms. The van der Waals surface area contributed by atoms with Gasteiger partial charge in [0, 0.05) is 18.5 Å². The van der Waals surface area contributed by atoms with E-state index < -0.39 is 0 Å². The smallest absolute Gasteiger partial charge is 0.138 e. The van der Waals surface area contributed by atoms with Crippen molar-refractivity contribution < 1.29 is 0 Å². The fourth-order valence-corrected chi connectivity index (χ4v) is 2.16. The number of hydrogen-bond acceptors (Lipinski definition) is 3. The molecular formula is C14H28N4. The van der Waals surface area contributed by atoms with Crippen molar-refractivity contribution in [1.29, 1.82) is 0 Å². The summed E-state index contributed by atoms with van der Waals surface area (Å²) in [6.07, 6.45) is 6.90. The van der Waals surface area contributed by atoms with Gasteiger partial charge in [0.1, 0.15) is 12.2 Å². The number of aromatic nitrogens is 3. The van der Waals surface area contributed by atoms with Crippen LogP contribution in [0.4, 0.5) is 0 Å². The van der Waals surface area contributed by atoms with Gasteiger partial charge in [0.2, 0.25) is 0 Å². The molecule has 1 aromatic heterocycles. The molecule has 0 aromatic carbocycles. The van der Waals surface area contributed by atoms with Crippen LogP contribution in [0.1, 0.15) is 59.2 Å². The largest absolute Gasteiger partial charge is 0.325 e. The lowest BCUT2D eigenvalue weighted by Crippen LogP contribution is -2.42. The van der Waals surface area contributed by atoms with Crippen LogP contribution in [0.5, 0.6) is 0 Å². The van der Waals surface area contributed by atoms with E-state index in [9.17, 15) is 0 Å². The van der Waals surface area contributed by atoms with E-state index in [0.29, 0.717) is 5.92 Å². The second-order valence-electron chi connectivity index (χ2n) is 5.75. The van der Waals surface area contributed by atoms with Gasteiger partial charge < -0.3 is 5.73 Å². The van der Waals surface area contributed by atoms with E-state index >= 15 is 0 Å². The van der Waals surface area contributed by atoms with Gasteiger partial charge in [0.15, 0.2) is 0 Å². The highest BCUT2D eigenvalue weighted by Crippen LogP contribution is 2.20. The van der Waals surface area contributed by atoms with Gasteiger partial charge >= 0.3 is 0 Å². The molecule has 0 radical (unpaired) electrons. The summed E-state index contributed by atoms with van der Waals surface area (Å²) >= 11 is 0. The molecule has 0 amide bonds. The van der Waals surface area contributed by atoms with Gasteiger partial charge in [-0.25, -0.2) is 9.67 Å². The van der Waals surface area contributed by atoms with Crippen LogP contribution in [0.15, 0.2) is 6.33 Å². The summed E-state index contributed by atoms with van der Waals surface area (Å²) in [7, 11) is 0. The predicted octanol–water partition coefficient (Wildman–Crippen LogP) is 2.77. The van der Waals surface area contributed by atoms with Crippen LogP contribution in [0.2, 0.25) is 0 Å². The highest BCUT2D eigenvalue weighted by molar-refractivity contribution is 4.97. The lowest BCUT2D eigenvalue weighted by molar-refractivity contribution is 0.345. The molecule has 4 nitrogen and oxygen atoms in total. The quantitative estimate of drug-likeness (QED) is 0.774. The van der Waals surface area contributed by atoms with Gasteiger partial charge in [0.25, 0.3) is 0 Å². The Labute approximate surface area is 111 Å². The molecule has 0 bridgehead atoms. The minimum Gasteiger partial charge on any atom is -0.325 e. The van der Waals surface area contributed by atoms with Gasteiger partial charge in [-0.1, -0.05) is 40.5 Å². The monoisotopic (exact) mass is 252 g/mol. The Balaban J connectivity index is 2.72. The standard InChI is InChI=1S/C14H28N4/c1-5-7-8-14(15,6-2)9-13-16-11-17-18(13)10-12(3)4/h11-12H,5-10,15H2,1-4H3. The maximum absolute atomic E-state index is 6.49. The Bertz CT molecular complexity index is 345. The molecule has 104 valence electrons. The molecule has 1 atom stereocenters. The minimum absolute atomic E-state index is 0.127. The van der Waals surface area contributed by atoms with Crippen molar-refractivity contribution in [3.8, 4) is 0 Å². The first kappa shape index (κ1) is 15.2.